The second-order valence-electron chi connectivity index (χ2n) is 11.4. The van der Waals surface area contributed by atoms with Gasteiger partial charge in [0.05, 0.1) is 10.1 Å². The van der Waals surface area contributed by atoms with E-state index in [1.165, 1.54) is 73.3 Å². The number of sulfone groups is 1. The molecule has 0 spiro atoms. The summed E-state index contributed by atoms with van der Waals surface area (Å²) in [7, 11) is -3.44. The van der Waals surface area contributed by atoms with Crippen molar-refractivity contribution in [2.45, 2.75) is 112 Å². The highest BCUT2D eigenvalue weighted by Gasteiger charge is 2.53. The third-order valence-electron chi connectivity index (χ3n) is 8.69. The van der Waals surface area contributed by atoms with E-state index in [-0.39, 0.29) is 18.1 Å². The minimum absolute atomic E-state index is 0.0242. The lowest BCUT2D eigenvalue weighted by atomic mass is 9.94. The largest absolute Gasteiger partial charge is 0.308 e. The molecule has 38 heavy (non-hydrogen) atoms. The quantitative estimate of drug-likeness (QED) is 0.220. The molecule has 4 unspecified atom stereocenters. The number of hydrogen-bond acceptors (Lipinski definition) is 4. The summed E-state index contributed by atoms with van der Waals surface area (Å²) in [5.74, 6) is 0. The van der Waals surface area contributed by atoms with Gasteiger partial charge in [-0.3, -0.25) is 0 Å². The van der Waals surface area contributed by atoms with Crippen molar-refractivity contribution in [1.82, 2.24) is 10.6 Å². The van der Waals surface area contributed by atoms with Crippen molar-refractivity contribution in [3.63, 3.8) is 0 Å². The number of fused-ring (bicyclic) bond motifs is 3. The minimum atomic E-state index is -3.44. The Morgan fingerprint density at radius 1 is 0.763 bits per heavy atom. The van der Waals surface area contributed by atoms with Gasteiger partial charge in [0, 0.05) is 24.7 Å². The Bertz CT molecular complexity index is 1290. The predicted octanol–water partition coefficient (Wildman–Crippen LogP) is 6.96. The molecule has 2 fully saturated rings. The molecule has 2 N–H and O–H groups in total. The molecule has 5 heteroatoms. The summed E-state index contributed by atoms with van der Waals surface area (Å²) in [6.07, 6.45) is 13.4. The van der Waals surface area contributed by atoms with Crippen LogP contribution in [0.25, 0.3) is 10.8 Å². The molecule has 3 aromatic rings. The van der Waals surface area contributed by atoms with Crippen LogP contribution in [0.5, 0.6) is 0 Å². The second-order valence-corrected chi connectivity index (χ2v) is 13.5. The Morgan fingerprint density at radius 2 is 1.42 bits per heavy atom. The maximum absolute atomic E-state index is 13.9. The van der Waals surface area contributed by atoms with Crippen molar-refractivity contribution in [1.29, 1.82) is 0 Å². The minimum Gasteiger partial charge on any atom is -0.308 e. The van der Waals surface area contributed by atoms with E-state index in [2.05, 4.69) is 60.0 Å². The number of nitrogens with one attached hydrogen (secondary N) is 2. The zero-order valence-corrected chi connectivity index (χ0v) is 23.7. The molecule has 3 aromatic carbocycles. The molecular formula is C33H44N2O2S. The Hall–Kier alpha value is -2.21. The standard InChI is InChI=1S/C33H44N2O2S/c1-2-3-4-5-6-7-8-9-12-25-16-19-29(20-17-25)38(36,37)33-31-22-21-30(35-31)32(33)34-24-26-15-18-27-13-10-11-14-28(27)23-26/h10-11,13-20,23,30-35H,2-9,12,21-22,24H2,1H3. The molecule has 0 aliphatic carbocycles. The van der Waals surface area contributed by atoms with Crippen LogP contribution in [-0.2, 0) is 22.8 Å². The van der Waals surface area contributed by atoms with Crippen molar-refractivity contribution in [2.75, 3.05) is 0 Å². The molecule has 2 aliphatic heterocycles. The maximum Gasteiger partial charge on any atom is 0.184 e. The fraction of sp³-hybridized carbons (Fsp3) is 0.515. The molecule has 2 bridgehead atoms. The fourth-order valence-electron chi connectivity index (χ4n) is 6.54. The highest BCUT2D eigenvalue weighted by atomic mass is 32.2. The van der Waals surface area contributed by atoms with Crippen LogP contribution in [0.3, 0.4) is 0 Å². The number of aryl methyl sites for hydroxylation is 1. The van der Waals surface area contributed by atoms with Crippen LogP contribution in [0.2, 0.25) is 0 Å². The lowest BCUT2D eigenvalue weighted by Gasteiger charge is -2.30. The molecular weight excluding hydrogens is 488 g/mol. The summed E-state index contributed by atoms with van der Waals surface area (Å²) in [5.41, 5.74) is 2.43. The summed E-state index contributed by atoms with van der Waals surface area (Å²) in [6, 6.07) is 22.8. The Morgan fingerprint density at radius 3 is 2.18 bits per heavy atom. The van der Waals surface area contributed by atoms with Gasteiger partial charge in [-0.05, 0) is 65.8 Å². The summed E-state index contributed by atoms with van der Waals surface area (Å²) >= 11 is 0. The Balaban J connectivity index is 1.18. The molecule has 0 aromatic heterocycles. The molecule has 2 heterocycles. The molecule has 0 radical (unpaired) electrons. The van der Waals surface area contributed by atoms with Gasteiger partial charge in [-0.25, -0.2) is 8.42 Å². The highest BCUT2D eigenvalue weighted by Crippen LogP contribution is 2.36. The smallest absolute Gasteiger partial charge is 0.184 e. The van der Waals surface area contributed by atoms with E-state index in [0.717, 1.165) is 19.3 Å². The van der Waals surface area contributed by atoms with Crippen LogP contribution in [0.15, 0.2) is 71.6 Å². The third kappa shape index (κ3) is 6.32. The first-order valence-electron chi connectivity index (χ1n) is 14.9. The van der Waals surface area contributed by atoms with Gasteiger partial charge >= 0.3 is 0 Å². The van der Waals surface area contributed by atoms with Gasteiger partial charge in [0.15, 0.2) is 9.84 Å². The summed E-state index contributed by atoms with van der Waals surface area (Å²) < 4.78 is 27.7. The average Bonchev–Trinajstić information content (AvgIpc) is 3.56. The average molecular weight is 533 g/mol. The van der Waals surface area contributed by atoms with Gasteiger partial charge < -0.3 is 10.6 Å². The maximum atomic E-state index is 13.9. The summed E-state index contributed by atoms with van der Waals surface area (Å²) in [6.45, 7) is 2.93. The van der Waals surface area contributed by atoms with E-state index in [0.29, 0.717) is 11.4 Å². The van der Waals surface area contributed by atoms with Crippen molar-refractivity contribution < 1.29 is 8.42 Å². The first-order valence-corrected chi connectivity index (χ1v) is 16.4. The van der Waals surface area contributed by atoms with E-state index >= 15 is 0 Å². The van der Waals surface area contributed by atoms with Crippen molar-refractivity contribution >= 4 is 20.6 Å². The third-order valence-corrected chi connectivity index (χ3v) is 11.0. The van der Waals surface area contributed by atoms with Gasteiger partial charge in [-0.1, -0.05) is 100 Å². The lowest BCUT2D eigenvalue weighted by Crippen LogP contribution is -2.50. The number of rotatable bonds is 14. The summed E-state index contributed by atoms with van der Waals surface area (Å²) in [5, 5.41) is 9.25. The molecule has 5 rings (SSSR count). The molecule has 2 aliphatic rings. The van der Waals surface area contributed by atoms with Crippen molar-refractivity contribution in [3.05, 3.63) is 77.9 Å². The molecule has 0 saturated carbocycles. The SMILES string of the molecule is CCCCCCCCCCc1ccc(S(=O)(=O)C2C3CCC(N3)C2NCc2ccc3ccccc3c2)cc1. The van der Waals surface area contributed by atoms with E-state index in [9.17, 15) is 8.42 Å². The predicted molar refractivity (Wildman–Crippen MR) is 158 cm³/mol. The number of benzene rings is 3. The van der Waals surface area contributed by atoms with Crippen LogP contribution < -0.4 is 10.6 Å². The molecule has 204 valence electrons. The van der Waals surface area contributed by atoms with Crippen LogP contribution in [0.4, 0.5) is 0 Å². The van der Waals surface area contributed by atoms with E-state index in [1.54, 1.807) is 0 Å². The monoisotopic (exact) mass is 532 g/mol. The van der Waals surface area contributed by atoms with E-state index in [1.807, 2.05) is 24.3 Å². The first-order chi connectivity index (χ1) is 18.6. The number of hydrogen-bond donors (Lipinski definition) is 2. The van der Waals surface area contributed by atoms with Crippen LogP contribution >= 0.6 is 0 Å². The van der Waals surface area contributed by atoms with Crippen LogP contribution in [0, 0.1) is 0 Å². The van der Waals surface area contributed by atoms with Gasteiger partial charge in [0.2, 0.25) is 0 Å². The second kappa shape index (κ2) is 12.8. The zero-order valence-electron chi connectivity index (χ0n) is 22.9. The van der Waals surface area contributed by atoms with Gasteiger partial charge in [-0.2, -0.15) is 0 Å². The Kier molecular flexibility index (Phi) is 9.19. The van der Waals surface area contributed by atoms with E-state index < -0.39 is 15.1 Å². The zero-order chi connectivity index (χ0) is 26.4. The molecule has 4 atom stereocenters. The molecule has 0 amide bonds. The molecule has 4 nitrogen and oxygen atoms in total. The highest BCUT2D eigenvalue weighted by molar-refractivity contribution is 7.92. The normalized spacial score (nSPS) is 22.9. The topological polar surface area (TPSA) is 58.2 Å². The molecule has 2 saturated heterocycles. The van der Waals surface area contributed by atoms with Crippen LogP contribution in [0.1, 0.15) is 82.3 Å². The van der Waals surface area contributed by atoms with Crippen LogP contribution in [-0.4, -0.2) is 31.8 Å². The first kappa shape index (κ1) is 27.4. The van der Waals surface area contributed by atoms with E-state index in [4.69, 9.17) is 0 Å². The Labute approximate surface area is 229 Å². The van der Waals surface area contributed by atoms with Crippen molar-refractivity contribution in [2.24, 2.45) is 0 Å². The van der Waals surface area contributed by atoms with Gasteiger partial charge in [0.25, 0.3) is 0 Å². The summed E-state index contributed by atoms with van der Waals surface area (Å²) in [4.78, 5) is 0.467. The van der Waals surface area contributed by atoms with Gasteiger partial charge in [0.1, 0.15) is 0 Å². The number of unbranched alkanes of at least 4 members (excludes halogenated alkanes) is 7. The van der Waals surface area contributed by atoms with Gasteiger partial charge in [-0.15, -0.1) is 0 Å². The van der Waals surface area contributed by atoms with Crippen molar-refractivity contribution in [3.8, 4) is 0 Å². The fourth-order valence-corrected chi connectivity index (χ4v) is 8.69. The lowest BCUT2D eigenvalue weighted by molar-refractivity contribution is 0.409.